The van der Waals surface area contributed by atoms with E-state index in [0.717, 1.165) is 44.7 Å². The van der Waals surface area contributed by atoms with Gasteiger partial charge in [-0.05, 0) is 43.7 Å². The van der Waals surface area contributed by atoms with Gasteiger partial charge in [-0.15, -0.1) is 10.2 Å². The first kappa shape index (κ1) is 16.2. The molecule has 1 aromatic carbocycles. The molecule has 1 aromatic heterocycles. The number of rotatable bonds is 4. The number of hydrogen-bond donors (Lipinski definition) is 0. The van der Waals surface area contributed by atoms with Gasteiger partial charge in [0, 0.05) is 31.5 Å². The molecule has 2 atom stereocenters. The number of carbonyl (C=O) groups excluding carboxylic acids is 1. The van der Waals surface area contributed by atoms with Crippen LogP contribution in [0.25, 0.3) is 0 Å². The van der Waals surface area contributed by atoms with E-state index < -0.39 is 0 Å². The summed E-state index contributed by atoms with van der Waals surface area (Å²) in [5.74, 6) is 1.39. The van der Waals surface area contributed by atoms with Crippen LogP contribution >= 0.6 is 0 Å². The molecule has 1 saturated carbocycles. The number of carbonyl (C=O) groups is 1. The van der Waals surface area contributed by atoms with Crippen molar-refractivity contribution in [1.82, 2.24) is 19.7 Å². The highest BCUT2D eigenvalue weighted by Gasteiger charge is 2.47. The van der Waals surface area contributed by atoms with Crippen LogP contribution in [0.4, 0.5) is 4.39 Å². The molecular formula is C19H23FN4O. The first-order chi connectivity index (χ1) is 12.2. The first-order valence-corrected chi connectivity index (χ1v) is 9.10. The standard InChI is InChI=1S/C19H23FN4O/c1-2-23-12-21-22-18(23)13-7-9-24(10-8-13)19(25)16-11-15(16)14-5-3-4-6-17(14)20/h3-6,12-13,15-16H,2,7-11H2,1H3. The van der Waals surface area contributed by atoms with Crippen molar-refractivity contribution < 1.29 is 9.18 Å². The molecule has 2 fully saturated rings. The summed E-state index contributed by atoms with van der Waals surface area (Å²) in [4.78, 5) is 14.7. The molecule has 0 bridgehead atoms. The van der Waals surface area contributed by atoms with Crippen LogP contribution in [0, 0.1) is 11.7 Å². The average molecular weight is 342 g/mol. The Morgan fingerprint density at radius 2 is 2.04 bits per heavy atom. The van der Waals surface area contributed by atoms with Gasteiger partial charge in [-0.25, -0.2) is 4.39 Å². The van der Waals surface area contributed by atoms with Crippen LogP contribution in [0.5, 0.6) is 0 Å². The minimum atomic E-state index is -0.194. The van der Waals surface area contributed by atoms with Crippen LogP contribution in [0.2, 0.25) is 0 Å². The lowest BCUT2D eigenvalue weighted by atomic mass is 9.95. The van der Waals surface area contributed by atoms with Crippen molar-refractivity contribution in [3.63, 3.8) is 0 Å². The lowest BCUT2D eigenvalue weighted by Gasteiger charge is -2.32. The molecule has 0 N–H and O–H groups in total. The number of nitrogens with zero attached hydrogens (tertiary/aromatic N) is 4. The van der Waals surface area contributed by atoms with Crippen LogP contribution in [0.1, 0.15) is 49.4 Å². The summed E-state index contributed by atoms with van der Waals surface area (Å²) in [5, 5.41) is 8.27. The summed E-state index contributed by atoms with van der Waals surface area (Å²) >= 11 is 0. The fourth-order valence-electron chi connectivity index (χ4n) is 4.00. The Bertz CT molecular complexity index is 766. The van der Waals surface area contributed by atoms with Crippen molar-refractivity contribution in [3.8, 4) is 0 Å². The fourth-order valence-corrected chi connectivity index (χ4v) is 4.00. The molecular weight excluding hydrogens is 319 g/mol. The third kappa shape index (κ3) is 3.05. The molecule has 5 nitrogen and oxygen atoms in total. The molecule has 2 unspecified atom stereocenters. The largest absolute Gasteiger partial charge is 0.342 e. The Hall–Kier alpha value is -2.24. The number of likely N-dealkylation sites (tertiary alicyclic amines) is 1. The molecule has 1 aliphatic carbocycles. The summed E-state index contributed by atoms with van der Waals surface area (Å²) < 4.78 is 16.0. The van der Waals surface area contributed by atoms with E-state index in [9.17, 15) is 9.18 Å². The number of aryl methyl sites for hydroxylation is 1. The third-order valence-corrected chi connectivity index (χ3v) is 5.57. The Morgan fingerprint density at radius 1 is 1.28 bits per heavy atom. The lowest BCUT2D eigenvalue weighted by Crippen LogP contribution is -2.39. The third-order valence-electron chi connectivity index (χ3n) is 5.57. The van der Waals surface area contributed by atoms with Crippen molar-refractivity contribution in [3.05, 3.63) is 47.8 Å². The lowest BCUT2D eigenvalue weighted by molar-refractivity contribution is -0.133. The zero-order valence-corrected chi connectivity index (χ0v) is 14.4. The van der Waals surface area contributed by atoms with Gasteiger partial charge in [-0.3, -0.25) is 4.79 Å². The topological polar surface area (TPSA) is 51.0 Å². The number of hydrogen-bond acceptors (Lipinski definition) is 3. The number of benzene rings is 1. The second-order valence-electron chi connectivity index (χ2n) is 7.04. The maximum Gasteiger partial charge on any atom is 0.226 e. The van der Waals surface area contributed by atoms with E-state index in [-0.39, 0.29) is 23.6 Å². The molecule has 25 heavy (non-hydrogen) atoms. The van der Waals surface area contributed by atoms with Crippen molar-refractivity contribution in [2.24, 2.45) is 5.92 Å². The van der Waals surface area contributed by atoms with Gasteiger partial charge in [-0.1, -0.05) is 18.2 Å². The highest BCUT2D eigenvalue weighted by molar-refractivity contribution is 5.83. The molecule has 0 radical (unpaired) electrons. The zero-order chi connectivity index (χ0) is 17.4. The Balaban J connectivity index is 1.36. The van der Waals surface area contributed by atoms with Gasteiger partial charge in [0.2, 0.25) is 5.91 Å². The summed E-state index contributed by atoms with van der Waals surface area (Å²) in [6, 6.07) is 6.81. The van der Waals surface area contributed by atoms with Crippen LogP contribution in [0.3, 0.4) is 0 Å². The van der Waals surface area contributed by atoms with Gasteiger partial charge < -0.3 is 9.47 Å². The second kappa shape index (κ2) is 6.58. The van der Waals surface area contributed by atoms with Gasteiger partial charge in [0.05, 0.1) is 0 Å². The molecule has 0 spiro atoms. The van der Waals surface area contributed by atoms with E-state index in [1.165, 1.54) is 6.07 Å². The Labute approximate surface area is 146 Å². The summed E-state index contributed by atoms with van der Waals surface area (Å²) in [5.41, 5.74) is 0.687. The van der Waals surface area contributed by atoms with E-state index in [4.69, 9.17) is 0 Å². The van der Waals surface area contributed by atoms with Crippen LogP contribution in [-0.2, 0) is 11.3 Å². The predicted molar refractivity (Wildman–Crippen MR) is 91.5 cm³/mol. The summed E-state index contributed by atoms with van der Waals surface area (Å²) in [6.45, 7) is 4.45. The number of piperidine rings is 1. The van der Waals surface area contributed by atoms with Gasteiger partial charge >= 0.3 is 0 Å². The molecule has 2 heterocycles. The summed E-state index contributed by atoms with van der Waals surface area (Å²) in [6.07, 6.45) is 4.38. The van der Waals surface area contributed by atoms with Crippen molar-refractivity contribution in [2.75, 3.05) is 13.1 Å². The monoisotopic (exact) mass is 342 g/mol. The van der Waals surface area contributed by atoms with Gasteiger partial charge in [0.25, 0.3) is 0 Å². The van der Waals surface area contributed by atoms with Gasteiger partial charge in [-0.2, -0.15) is 0 Å². The normalized spacial score (nSPS) is 23.7. The van der Waals surface area contributed by atoms with Crippen LogP contribution in [0.15, 0.2) is 30.6 Å². The first-order valence-electron chi connectivity index (χ1n) is 9.10. The average Bonchev–Trinajstić information content (AvgIpc) is 3.29. The number of amides is 1. The molecule has 1 amide bonds. The summed E-state index contributed by atoms with van der Waals surface area (Å²) in [7, 11) is 0. The highest BCUT2D eigenvalue weighted by atomic mass is 19.1. The van der Waals surface area contributed by atoms with Crippen molar-refractivity contribution >= 4 is 5.91 Å². The van der Waals surface area contributed by atoms with E-state index >= 15 is 0 Å². The van der Waals surface area contributed by atoms with E-state index in [0.29, 0.717) is 11.5 Å². The van der Waals surface area contributed by atoms with Crippen LogP contribution < -0.4 is 0 Å². The predicted octanol–water partition coefficient (Wildman–Crippen LogP) is 2.95. The fraction of sp³-hybridized carbons (Fsp3) is 0.526. The number of halogens is 1. The Kier molecular flexibility index (Phi) is 4.27. The van der Waals surface area contributed by atoms with Crippen molar-refractivity contribution in [1.29, 1.82) is 0 Å². The molecule has 1 aliphatic heterocycles. The maximum atomic E-state index is 13.9. The highest BCUT2D eigenvalue weighted by Crippen LogP contribution is 2.49. The molecule has 4 rings (SSSR count). The molecule has 132 valence electrons. The molecule has 1 saturated heterocycles. The molecule has 2 aromatic rings. The number of aromatic nitrogens is 3. The van der Waals surface area contributed by atoms with E-state index in [1.807, 2.05) is 11.0 Å². The minimum absolute atomic E-state index is 0.0484. The SMILES string of the molecule is CCn1cnnc1C1CCN(C(=O)C2CC2c2ccccc2F)CC1. The molecule has 2 aliphatic rings. The minimum Gasteiger partial charge on any atom is -0.342 e. The van der Waals surface area contributed by atoms with E-state index in [2.05, 4.69) is 21.7 Å². The quantitative estimate of drug-likeness (QED) is 0.858. The van der Waals surface area contributed by atoms with Crippen LogP contribution in [-0.4, -0.2) is 38.7 Å². The zero-order valence-electron chi connectivity index (χ0n) is 14.4. The van der Waals surface area contributed by atoms with Gasteiger partial charge in [0.1, 0.15) is 18.0 Å². The van der Waals surface area contributed by atoms with E-state index in [1.54, 1.807) is 18.5 Å². The van der Waals surface area contributed by atoms with Crippen molar-refractivity contribution in [2.45, 2.75) is 44.6 Å². The van der Waals surface area contributed by atoms with Gasteiger partial charge in [0.15, 0.2) is 0 Å². The smallest absolute Gasteiger partial charge is 0.226 e. The second-order valence-corrected chi connectivity index (χ2v) is 7.04. The Morgan fingerprint density at radius 3 is 2.76 bits per heavy atom. The molecule has 6 heteroatoms. The maximum absolute atomic E-state index is 13.9.